The van der Waals surface area contributed by atoms with Crippen molar-refractivity contribution in [3.8, 4) is 0 Å². The largest absolute Gasteiger partial charge is 0.379 e. The second kappa shape index (κ2) is 36.8. The molecule has 0 spiro atoms. The summed E-state index contributed by atoms with van der Waals surface area (Å²) in [7, 11) is 3.11. The van der Waals surface area contributed by atoms with E-state index in [1.54, 1.807) is 41.8 Å². The van der Waals surface area contributed by atoms with Crippen LogP contribution in [0.1, 0.15) is 94.4 Å². The summed E-state index contributed by atoms with van der Waals surface area (Å²) >= 11 is 0. The molecule has 0 rings (SSSR count). The van der Waals surface area contributed by atoms with Crippen LogP contribution in [0.15, 0.2) is 0 Å². The van der Waals surface area contributed by atoms with Crippen LogP contribution in [-0.4, -0.2) is 159 Å². The van der Waals surface area contributed by atoms with Gasteiger partial charge in [0.25, 0.3) is 0 Å². The van der Waals surface area contributed by atoms with Gasteiger partial charge in [0.05, 0.1) is 72.7 Å². The van der Waals surface area contributed by atoms with Crippen LogP contribution in [0.5, 0.6) is 0 Å². The SMILES string of the molecule is CNC(=O)C(C)CC(C)C(=O)NCCOCCOCC(C)NC(=O)C(C)CC(CC(CC(C)C(=O)NC)C(=O)NC(C)COCCOCC(C)N)C(=O)CC(C)COCCOCC(C)N. The standard InChI is InChI=1S/C46H89N7O12/c1-30(25-61-16-17-62-26-35(6)47)20-41(54)39(24-40(23-33(4)43(56)50-11)46(59)53-38(9)29-65-19-18-63-27-36(7)48)22-34(5)45(58)52-37(8)28-64-15-14-60-13-12-51-44(57)32(3)21-31(2)42(55)49-10/h30-40H,12-29,47-48H2,1-11H3,(H,49,55)(H,50,56)(H,51,57)(H,52,58)(H,53,59). The van der Waals surface area contributed by atoms with Crippen molar-refractivity contribution in [3.63, 3.8) is 0 Å². The van der Waals surface area contributed by atoms with Crippen LogP contribution in [-0.2, 0) is 57.2 Å². The molecule has 0 saturated carbocycles. The minimum atomic E-state index is -0.713. The van der Waals surface area contributed by atoms with Gasteiger partial charge in [-0.05, 0) is 59.3 Å². The molecule has 0 fully saturated rings. The highest BCUT2D eigenvalue weighted by molar-refractivity contribution is 5.86. The van der Waals surface area contributed by atoms with Gasteiger partial charge in [0.1, 0.15) is 5.78 Å². The van der Waals surface area contributed by atoms with E-state index in [4.69, 9.17) is 39.9 Å². The summed E-state index contributed by atoms with van der Waals surface area (Å²) in [6, 6.07) is -0.883. The number of Topliss-reactive ketones (excluding diaryl/α,β-unsaturated/α-hetero) is 1. The highest BCUT2D eigenvalue weighted by Gasteiger charge is 2.33. The van der Waals surface area contributed by atoms with Gasteiger partial charge < -0.3 is 66.5 Å². The van der Waals surface area contributed by atoms with E-state index < -0.39 is 23.7 Å². The smallest absolute Gasteiger partial charge is 0.223 e. The highest BCUT2D eigenvalue weighted by Crippen LogP contribution is 2.29. The monoisotopic (exact) mass is 932 g/mol. The van der Waals surface area contributed by atoms with Crippen LogP contribution in [0.3, 0.4) is 0 Å². The molecule has 0 saturated heterocycles. The van der Waals surface area contributed by atoms with Gasteiger partial charge in [0, 0.05) is 93.3 Å². The lowest BCUT2D eigenvalue weighted by atomic mass is 9.79. The number of carbonyl (C=O) groups excluding carboxylic acids is 6. The Hall–Kier alpha value is -3.30. The second-order valence-electron chi connectivity index (χ2n) is 18.0. The lowest BCUT2D eigenvalue weighted by Crippen LogP contribution is -2.43. The summed E-state index contributed by atoms with van der Waals surface area (Å²) in [5, 5.41) is 14.1. The predicted octanol–water partition coefficient (Wildman–Crippen LogP) is 1.33. The topological polar surface area (TPSA) is 270 Å². The fourth-order valence-electron chi connectivity index (χ4n) is 6.94. The fourth-order valence-corrected chi connectivity index (χ4v) is 6.94. The van der Waals surface area contributed by atoms with Gasteiger partial charge in [-0.3, -0.25) is 28.8 Å². The minimum absolute atomic E-state index is 0.0829. The number of ether oxygens (including phenoxy) is 6. The van der Waals surface area contributed by atoms with Gasteiger partial charge in [-0.1, -0.05) is 34.6 Å². The normalized spacial score (nSPS) is 16.6. The number of ketones is 1. The van der Waals surface area contributed by atoms with Crippen LogP contribution < -0.4 is 38.1 Å². The summed E-state index contributed by atoms with van der Waals surface area (Å²) in [5.74, 6) is -4.35. The quantitative estimate of drug-likeness (QED) is 0.0428. The molecular formula is C46H89N7O12. The van der Waals surface area contributed by atoms with Crippen molar-refractivity contribution in [3.05, 3.63) is 0 Å². The van der Waals surface area contributed by atoms with E-state index >= 15 is 0 Å². The van der Waals surface area contributed by atoms with Crippen molar-refractivity contribution < 1.29 is 57.2 Å². The van der Waals surface area contributed by atoms with Gasteiger partial charge in [-0.25, -0.2) is 0 Å². The fraction of sp³-hybridized carbons (Fsp3) is 0.870. The number of amides is 5. The summed E-state index contributed by atoms with van der Waals surface area (Å²) in [4.78, 5) is 78.4. The number of hydrogen-bond donors (Lipinski definition) is 7. The number of carbonyl (C=O) groups is 6. The van der Waals surface area contributed by atoms with E-state index in [-0.39, 0.29) is 136 Å². The van der Waals surface area contributed by atoms with Gasteiger partial charge in [0.2, 0.25) is 29.5 Å². The third-order valence-electron chi connectivity index (χ3n) is 10.5. The minimum Gasteiger partial charge on any atom is -0.379 e. The molecule has 11 unspecified atom stereocenters. The average Bonchev–Trinajstić information content (AvgIpc) is 3.24. The molecule has 0 aromatic carbocycles. The number of hydrogen-bond acceptors (Lipinski definition) is 14. The zero-order chi connectivity index (χ0) is 49.3. The van der Waals surface area contributed by atoms with Crippen LogP contribution in [0.2, 0.25) is 0 Å². The maximum Gasteiger partial charge on any atom is 0.223 e. The van der Waals surface area contributed by atoms with Crippen molar-refractivity contribution in [2.45, 2.75) is 119 Å². The highest BCUT2D eigenvalue weighted by atomic mass is 16.5. The summed E-state index contributed by atoms with van der Waals surface area (Å²) in [6.45, 7) is 20.5. The van der Waals surface area contributed by atoms with E-state index in [1.807, 2.05) is 34.6 Å². The summed E-state index contributed by atoms with van der Waals surface area (Å²) < 4.78 is 33.7. The Kier molecular flexibility index (Phi) is 34.9. The summed E-state index contributed by atoms with van der Waals surface area (Å²) in [5.41, 5.74) is 11.5. The molecule has 0 aliphatic rings. The van der Waals surface area contributed by atoms with Gasteiger partial charge >= 0.3 is 0 Å². The molecule has 19 nitrogen and oxygen atoms in total. The molecule has 0 heterocycles. The van der Waals surface area contributed by atoms with E-state index in [2.05, 4.69) is 26.6 Å². The Balaban J connectivity index is 5.54. The van der Waals surface area contributed by atoms with E-state index in [0.717, 1.165) is 0 Å². The Bertz CT molecular complexity index is 1340. The molecule has 9 N–H and O–H groups in total. The first-order chi connectivity index (χ1) is 30.7. The number of nitrogens with two attached hydrogens (primary N) is 2. The maximum absolute atomic E-state index is 14.1. The molecule has 11 atom stereocenters. The second-order valence-corrected chi connectivity index (χ2v) is 18.0. The number of rotatable bonds is 40. The predicted molar refractivity (Wildman–Crippen MR) is 249 cm³/mol. The molecule has 0 aromatic rings. The maximum atomic E-state index is 14.1. The van der Waals surface area contributed by atoms with E-state index in [0.29, 0.717) is 59.2 Å². The third-order valence-corrected chi connectivity index (χ3v) is 10.5. The Morgan fingerprint density at radius 2 is 0.831 bits per heavy atom. The molecule has 0 radical (unpaired) electrons. The van der Waals surface area contributed by atoms with Gasteiger partial charge in [-0.2, -0.15) is 0 Å². The van der Waals surface area contributed by atoms with Crippen molar-refractivity contribution in [1.29, 1.82) is 0 Å². The van der Waals surface area contributed by atoms with Crippen LogP contribution in [0, 0.1) is 41.4 Å². The van der Waals surface area contributed by atoms with Crippen LogP contribution >= 0.6 is 0 Å². The molecule has 5 amide bonds. The van der Waals surface area contributed by atoms with Crippen molar-refractivity contribution in [2.24, 2.45) is 52.9 Å². The van der Waals surface area contributed by atoms with Gasteiger partial charge in [0.15, 0.2) is 0 Å². The van der Waals surface area contributed by atoms with Crippen LogP contribution in [0.4, 0.5) is 0 Å². The van der Waals surface area contributed by atoms with Gasteiger partial charge in [-0.15, -0.1) is 0 Å². The third kappa shape index (κ3) is 31.3. The Morgan fingerprint density at radius 1 is 0.431 bits per heavy atom. The van der Waals surface area contributed by atoms with Crippen LogP contribution in [0.25, 0.3) is 0 Å². The zero-order valence-electron chi connectivity index (χ0n) is 41.6. The molecular weight excluding hydrogens is 843 g/mol. The molecule has 0 bridgehead atoms. The molecule has 0 aliphatic heterocycles. The average molecular weight is 932 g/mol. The molecule has 380 valence electrons. The first-order valence-electron chi connectivity index (χ1n) is 23.5. The Morgan fingerprint density at radius 3 is 1.32 bits per heavy atom. The van der Waals surface area contributed by atoms with Crippen molar-refractivity contribution in [2.75, 3.05) is 99.9 Å². The van der Waals surface area contributed by atoms with E-state index in [9.17, 15) is 28.8 Å². The Labute approximate surface area is 389 Å². The molecule has 19 heteroatoms. The zero-order valence-corrected chi connectivity index (χ0v) is 41.6. The first-order valence-corrected chi connectivity index (χ1v) is 23.5. The molecule has 0 aliphatic carbocycles. The first kappa shape index (κ1) is 61.7. The van der Waals surface area contributed by atoms with Crippen molar-refractivity contribution in [1.82, 2.24) is 26.6 Å². The van der Waals surface area contributed by atoms with Crippen molar-refractivity contribution >= 4 is 35.3 Å². The summed E-state index contributed by atoms with van der Waals surface area (Å²) in [6.07, 6.45) is 1.13. The lowest BCUT2D eigenvalue weighted by Gasteiger charge is -2.28. The lowest BCUT2D eigenvalue weighted by molar-refractivity contribution is -0.131. The van der Waals surface area contributed by atoms with E-state index in [1.165, 1.54) is 0 Å². The molecule has 65 heavy (non-hydrogen) atoms. The molecule has 0 aromatic heterocycles. The number of nitrogens with one attached hydrogen (secondary N) is 5.